The number of aryl methyl sites for hydroxylation is 1. The summed E-state index contributed by atoms with van der Waals surface area (Å²) in [6.07, 6.45) is -1.15. The van der Waals surface area contributed by atoms with Crippen molar-refractivity contribution < 1.29 is 23.9 Å². The van der Waals surface area contributed by atoms with E-state index in [0.29, 0.717) is 11.1 Å². The maximum Gasteiger partial charge on any atom is 0.204 e. The first-order valence-corrected chi connectivity index (χ1v) is 12.6. The first-order valence-electron chi connectivity index (χ1n) is 12.6. The fraction of sp³-hybridized carbons (Fsp3) is 0.152. The van der Waals surface area contributed by atoms with Gasteiger partial charge in [0.1, 0.15) is 11.5 Å². The van der Waals surface area contributed by atoms with Crippen molar-refractivity contribution in [3.63, 3.8) is 0 Å². The molecule has 0 amide bonds. The molecule has 0 N–H and O–H groups in total. The molecule has 4 aromatic rings. The van der Waals surface area contributed by atoms with E-state index in [2.05, 4.69) is 0 Å². The quantitative estimate of drug-likeness (QED) is 0.330. The fourth-order valence-corrected chi connectivity index (χ4v) is 6.71. The van der Waals surface area contributed by atoms with Crippen molar-refractivity contribution in [2.45, 2.75) is 24.5 Å². The molecule has 38 heavy (non-hydrogen) atoms. The van der Waals surface area contributed by atoms with Crippen LogP contribution in [0.5, 0.6) is 0 Å². The van der Waals surface area contributed by atoms with Crippen LogP contribution in [-0.2, 0) is 4.74 Å². The van der Waals surface area contributed by atoms with Crippen LogP contribution in [0.25, 0.3) is 0 Å². The third-order valence-corrected chi connectivity index (χ3v) is 8.35. The number of benzene rings is 4. The molecule has 1 saturated heterocycles. The van der Waals surface area contributed by atoms with Gasteiger partial charge in [0.25, 0.3) is 0 Å². The Bertz CT molecular complexity index is 1610. The number of hydrogen-bond acceptors (Lipinski definition) is 5. The Kier molecular flexibility index (Phi) is 4.64. The molecule has 3 aliphatic rings. The summed E-state index contributed by atoms with van der Waals surface area (Å²) in [4.78, 5) is 57.7. The summed E-state index contributed by atoms with van der Waals surface area (Å²) in [6, 6.07) is 29.6. The van der Waals surface area contributed by atoms with Gasteiger partial charge in [-0.3, -0.25) is 19.2 Å². The van der Waals surface area contributed by atoms with E-state index < -0.39 is 46.2 Å². The predicted octanol–water partition coefficient (Wildman–Crippen LogP) is 5.73. The lowest BCUT2D eigenvalue weighted by atomic mass is 9.60. The van der Waals surface area contributed by atoms with Crippen molar-refractivity contribution >= 4 is 23.1 Å². The summed E-state index contributed by atoms with van der Waals surface area (Å²) in [5.74, 6) is -3.05. The normalized spacial score (nSPS) is 22.3. The smallest absolute Gasteiger partial charge is 0.204 e. The van der Waals surface area contributed by atoms with Gasteiger partial charge in [-0.2, -0.15) is 0 Å². The first kappa shape index (κ1) is 22.7. The zero-order chi connectivity index (χ0) is 26.2. The highest BCUT2D eigenvalue weighted by molar-refractivity contribution is 6.37. The lowest BCUT2D eigenvalue weighted by Gasteiger charge is -2.34. The van der Waals surface area contributed by atoms with Crippen molar-refractivity contribution in [3.8, 4) is 0 Å². The van der Waals surface area contributed by atoms with Crippen LogP contribution in [0.15, 0.2) is 103 Å². The highest BCUT2D eigenvalue weighted by Crippen LogP contribution is 2.67. The summed E-state index contributed by atoms with van der Waals surface area (Å²) in [7, 11) is 0. The third kappa shape index (κ3) is 2.59. The van der Waals surface area contributed by atoms with Crippen LogP contribution in [0.1, 0.15) is 70.1 Å². The van der Waals surface area contributed by atoms with Crippen LogP contribution < -0.4 is 0 Å². The van der Waals surface area contributed by atoms with Gasteiger partial charge in [0.05, 0.1) is 5.92 Å². The van der Waals surface area contributed by atoms with Gasteiger partial charge < -0.3 is 4.74 Å². The number of carbonyl (C=O) groups is 4. The van der Waals surface area contributed by atoms with Crippen LogP contribution in [0.3, 0.4) is 0 Å². The van der Waals surface area contributed by atoms with E-state index in [9.17, 15) is 19.2 Å². The van der Waals surface area contributed by atoms with Crippen molar-refractivity contribution in [2.24, 2.45) is 5.41 Å². The average Bonchev–Trinajstić information content (AvgIpc) is 3.48. The number of fused-ring (bicyclic) bond motifs is 2. The Hall–Kier alpha value is -4.48. The Morgan fingerprint density at radius 1 is 0.526 bits per heavy atom. The minimum atomic E-state index is -2.06. The summed E-state index contributed by atoms with van der Waals surface area (Å²) in [6.45, 7) is 1.94. The molecule has 0 unspecified atom stereocenters. The van der Waals surface area contributed by atoms with Gasteiger partial charge >= 0.3 is 0 Å². The predicted molar refractivity (Wildman–Crippen MR) is 140 cm³/mol. The van der Waals surface area contributed by atoms with E-state index in [1.165, 1.54) is 0 Å². The molecule has 0 radical (unpaired) electrons. The lowest BCUT2D eigenvalue weighted by molar-refractivity contribution is -0.0210. The number of Topliss-reactive ketones (excluding diaryl/α,β-unsaturated/α-hetero) is 4. The first-order chi connectivity index (χ1) is 18.4. The summed E-state index contributed by atoms with van der Waals surface area (Å²) in [5.41, 5.74) is -0.754. The van der Waals surface area contributed by atoms with E-state index in [1.807, 2.05) is 37.3 Å². The van der Waals surface area contributed by atoms with E-state index in [-0.39, 0.29) is 22.3 Å². The largest absolute Gasteiger partial charge is 0.348 e. The molecule has 184 valence electrons. The number of ketones is 4. The standard InChI is InChI=1S/C33H22O5/c1-19-15-17-21(18-16-19)31-32(27(34)22-11-5-6-12-23(22)28(32)35)26(20-9-3-2-4-10-20)33(38-31)29(36)24-13-7-8-14-25(24)30(33)37/h2-18,26,31H,1H3/t26-,31+/m1/s1. The Morgan fingerprint density at radius 2 is 0.974 bits per heavy atom. The van der Waals surface area contributed by atoms with Gasteiger partial charge in [-0.05, 0) is 18.1 Å². The van der Waals surface area contributed by atoms with Crippen molar-refractivity contribution in [1.82, 2.24) is 0 Å². The Morgan fingerprint density at radius 3 is 1.47 bits per heavy atom. The van der Waals surface area contributed by atoms with Crippen molar-refractivity contribution in [2.75, 3.05) is 0 Å². The maximum absolute atomic E-state index is 14.6. The molecule has 0 bridgehead atoms. The minimum absolute atomic E-state index is 0.244. The van der Waals surface area contributed by atoms with Gasteiger partial charge in [0, 0.05) is 22.3 Å². The number of hydrogen-bond donors (Lipinski definition) is 0. The van der Waals surface area contributed by atoms with E-state index in [1.54, 1.807) is 72.8 Å². The van der Waals surface area contributed by atoms with Gasteiger partial charge in [0.2, 0.25) is 17.2 Å². The highest BCUT2D eigenvalue weighted by Gasteiger charge is 2.79. The molecule has 5 heteroatoms. The van der Waals surface area contributed by atoms with Gasteiger partial charge in [-0.1, -0.05) is 109 Å². The third-order valence-electron chi connectivity index (χ3n) is 8.35. The monoisotopic (exact) mass is 498 g/mol. The van der Waals surface area contributed by atoms with Crippen LogP contribution >= 0.6 is 0 Å². The second-order valence-corrected chi connectivity index (χ2v) is 10.3. The molecule has 0 saturated carbocycles. The molecular formula is C33H22O5. The molecule has 2 spiro atoms. The van der Waals surface area contributed by atoms with Gasteiger partial charge in [-0.25, -0.2) is 0 Å². The van der Waals surface area contributed by atoms with Crippen molar-refractivity contribution in [1.29, 1.82) is 0 Å². The molecule has 1 fully saturated rings. The van der Waals surface area contributed by atoms with E-state index >= 15 is 0 Å². The highest BCUT2D eigenvalue weighted by atomic mass is 16.5. The van der Waals surface area contributed by atoms with Crippen LogP contribution in [0.4, 0.5) is 0 Å². The van der Waals surface area contributed by atoms with Crippen molar-refractivity contribution in [3.05, 3.63) is 142 Å². The maximum atomic E-state index is 14.6. The van der Waals surface area contributed by atoms with E-state index in [0.717, 1.165) is 5.56 Å². The minimum Gasteiger partial charge on any atom is -0.348 e. The SMILES string of the molecule is Cc1ccc([C@@H]2OC3(C(=O)c4ccccc4C3=O)[C@H](c3ccccc3)C23C(=O)c2ccccc2C3=O)cc1. The molecule has 1 heterocycles. The number of carbonyl (C=O) groups excluding carboxylic acids is 4. The zero-order valence-electron chi connectivity index (χ0n) is 20.5. The summed E-state index contributed by atoms with van der Waals surface area (Å²) < 4.78 is 6.68. The molecule has 7 rings (SSSR count). The van der Waals surface area contributed by atoms with Gasteiger partial charge in [0.15, 0.2) is 11.6 Å². The summed E-state index contributed by atoms with van der Waals surface area (Å²) >= 11 is 0. The molecule has 5 nitrogen and oxygen atoms in total. The molecule has 2 atom stereocenters. The van der Waals surface area contributed by atoms with E-state index in [4.69, 9.17) is 4.74 Å². The lowest BCUT2D eigenvalue weighted by Crippen LogP contribution is -2.51. The fourth-order valence-electron chi connectivity index (χ4n) is 6.71. The second kappa shape index (κ2) is 7.76. The Labute approximate surface area is 219 Å². The second-order valence-electron chi connectivity index (χ2n) is 10.3. The zero-order valence-corrected chi connectivity index (χ0v) is 20.5. The van der Waals surface area contributed by atoms with Crippen LogP contribution in [0.2, 0.25) is 0 Å². The topological polar surface area (TPSA) is 77.5 Å². The number of ether oxygens (including phenoxy) is 1. The van der Waals surface area contributed by atoms with Crippen LogP contribution in [0, 0.1) is 12.3 Å². The average molecular weight is 499 g/mol. The molecule has 4 aromatic carbocycles. The number of rotatable bonds is 2. The van der Waals surface area contributed by atoms with Crippen LogP contribution in [-0.4, -0.2) is 28.7 Å². The molecule has 0 aromatic heterocycles. The molecule has 1 aliphatic heterocycles. The molecular weight excluding hydrogens is 476 g/mol. The summed E-state index contributed by atoms with van der Waals surface area (Å²) in [5, 5.41) is 0. The Balaban J connectivity index is 1.59. The van der Waals surface area contributed by atoms with Gasteiger partial charge in [-0.15, -0.1) is 0 Å². The molecule has 2 aliphatic carbocycles.